The monoisotopic (exact) mass is 259 g/mol. The third-order valence-corrected chi connectivity index (χ3v) is 0.943. The maximum atomic E-state index is 10.7. The quantitative estimate of drug-likeness (QED) is 0.356. The van der Waals surface area contributed by atoms with Crippen molar-refractivity contribution in [2.75, 3.05) is 0 Å². The predicted octanol–water partition coefficient (Wildman–Crippen LogP) is -0.460. The van der Waals surface area contributed by atoms with E-state index in [1.54, 1.807) is 25.6 Å². The van der Waals surface area contributed by atoms with E-state index in [1.807, 2.05) is 5.43 Å². The second-order valence-electron chi connectivity index (χ2n) is 3.00. The molecular weight excluding hydrogens is 248 g/mol. The molecule has 2 N–H and O–H groups in total. The molecule has 6 nitrogen and oxygen atoms in total. The summed E-state index contributed by atoms with van der Waals surface area (Å²) in [7, 11) is -2.84. The van der Waals surface area contributed by atoms with Crippen molar-refractivity contribution in [3.05, 3.63) is 0 Å². The Bertz CT molecular complexity index is 227. The van der Waals surface area contributed by atoms with Gasteiger partial charge in [-0.15, -0.1) is 4.83 Å². The molecule has 0 aromatic carbocycles. The molecule has 83 valence electrons. The second-order valence-corrected chi connectivity index (χ2v) is 3.73. The largest absolute Gasteiger partial charge is 0.443 e. The van der Waals surface area contributed by atoms with Crippen LogP contribution >= 0.6 is 0 Å². The van der Waals surface area contributed by atoms with Gasteiger partial charge in [0.15, 0.2) is 0 Å². The van der Waals surface area contributed by atoms with E-state index in [1.165, 1.54) is 0 Å². The summed E-state index contributed by atoms with van der Waals surface area (Å²) in [6, 6.07) is 0. The molecule has 0 atom stereocenters. The fourth-order valence-corrected chi connectivity index (χ4v) is 0.577. The first-order valence-corrected chi connectivity index (χ1v) is 4.38. The van der Waals surface area contributed by atoms with E-state index < -0.39 is 22.6 Å². The van der Waals surface area contributed by atoms with Crippen LogP contribution in [0.4, 0.5) is 4.79 Å². The topological polar surface area (TPSA) is 84.5 Å². The van der Waals surface area contributed by atoms with Gasteiger partial charge in [0, 0.05) is 17.1 Å². The predicted molar refractivity (Wildman–Crippen MR) is 42.8 cm³/mol. The van der Waals surface area contributed by atoms with Crippen LogP contribution in [0.1, 0.15) is 20.8 Å². The zero-order chi connectivity index (χ0) is 9.78. The van der Waals surface area contributed by atoms with Crippen LogP contribution in [0.15, 0.2) is 0 Å². The van der Waals surface area contributed by atoms with Crippen molar-refractivity contribution in [2.24, 2.45) is 0 Å². The number of rotatable bonds is 2. The van der Waals surface area contributed by atoms with Crippen molar-refractivity contribution in [2.45, 2.75) is 26.4 Å². The molecule has 0 saturated carbocycles. The number of carbonyl (C=O) groups is 1. The molecule has 0 spiro atoms. The van der Waals surface area contributed by atoms with Crippen LogP contribution in [-0.4, -0.2) is 20.1 Å². The van der Waals surface area contributed by atoms with Crippen molar-refractivity contribution in [1.82, 2.24) is 10.3 Å². The Morgan fingerprint density at radius 3 is 2.08 bits per heavy atom. The minimum atomic E-state index is -2.84. The maximum absolute atomic E-state index is 10.7. The first-order valence-electron chi connectivity index (χ1n) is 3.20. The van der Waals surface area contributed by atoms with Crippen molar-refractivity contribution >= 4 is 17.0 Å². The fourth-order valence-electron chi connectivity index (χ4n) is 0.395. The molecule has 0 aromatic rings. The van der Waals surface area contributed by atoms with E-state index in [9.17, 15) is 13.2 Å². The zero-order valence-corrected chi connectivity index (χ0v) is 9.22. The Labute approximate surface area is 88.9 Å². The van der Waals surface area contributed by atoms with E-state index in [4.69, 9.17) is 4.74 Å². The molecule has 0 aromatic heterocycles. The Morgan fingerprint density at radius 1 is 1.31 bits per heavy atom. The SMILES string of the molecule is CC(C)(C)OC(=O)NN[SH](=O)=O.[Cu]. The Hall–Kier alpha value is -0.301. The van der Waals surface area contributed by atoms with Crippen molar-refractivity contribution in [3.63, 3.8) is 0 Å². The first kappa shape index (κ1) is 15.2. The van der Waals surface area contributed by atoms with Gasteiger partial charge < -0.3 is 4.74 Å². The summed E-state index contributed by atoms with van der Waals surface area (Å²) >= 11 is 0. The number of thiol groups is 1. The number of nitrogens with one attached hydrogen (secondary N) is 2. The molecule has 0 saturated heterocycles. The summed E-state index contributed by atoms with van der Waals surface area (Å²) in [6.45, 7) is 5.01. The van der Waals surface area contributed by atoms with Gasteiger partial charge in [-0.05, 0) is 20.8 Å². The molecule has 1 amide bonds. The molecule has 0 aliphatic rings. The smallest absolute Gasteiger partial charge is 0.422 e. The van der Waals surface area contributed by atoms with Crippen LogP contribution in [0.25, 0.3) is 0 Å². The molecule has 0 aliphatic heterocycles. The van der Waals surface area contributed by atoms with Gasteiger partial charge in [0.1, 0.15) is 5.60 Å². The molecule has 13 heavy (non-hydrogen) atoms. The van der Waals surface area contributed by atoms with E-state index in [0.29, 0.717) is 0 Å². The average Bonchev–Trinajstić information content (AvgIpc) is 1.79. The fraction of sp³-hybridized carbons (Fsp3) is 0.800. The molecule has 0 heterocycles. The number of carbonyl (C=O) groups excluding carboxylic acids is 1. The van der Waals surface area contributed by atoms with Crippen LogP contribution in [0.3, 0.4) is 0 Å². The van der Waals surface area contributed by atoms with Crippen LogP contribution in [0.5, 0.6) is 0 Å². The molecule has 0 aliphatic carbocycles. The van der Waals surface area contributed by atoms with Crippen molar-refractivity contribution in [3.8, 4) is 0 Å². The Morgan fingerprint density at radius 2 is 1.77 bits per heavy atom. The van der Waals surface area contributed by atoms with Crippen LogP contribution in [-0.2, 0) is 32.7 Å². The summed E-state index contributed by atoms with van der Waals surface area (Å²) in [6.07, 6.45) is -0.832. The van der Waals surface area contributed by atoms with Crippen LogP contribution in [0, 0.1) is 0 Å². The average molecular weight is 260 g/mol. The number of hydrazine groups is 1. The number of amides is 1. The van der Waals surface area contributed by atoms with Gasteiger partial charge >= 0.3 is 6.09 Å². The van der Waals surface area contributed by atoms with Crippen LogP contribution < -0.4 is 10.3 Å². The molecular formula is C5H12CuN2O4S. The summed E-state index contributed by atoms with van der Waals surface area (Å²) in [5.74, 6) is 0. The van der Waals surface area contributed by atoms with Crippen molar-refractivity contribution in [1.29, 1.82) is 0 Å². The summed E-state index contributed by atoms with van der Waals surface area (Å²) in [5, 5.41) is 0. The van der Waals surface area contributed by atoms with Gasteiger partial charge in [0.2, 0.25) is 10.9 Å². The van der Waals surface area contributed by atoms with E-state index >= 15 is 0 Å². The number of hydrogen-bond donors (Lipinski definition) is 3. The summed E-state index contributed by atoms with van der Waals surface area (Å²) in [5.41, 5.74) is 1.19. The number of hydrogen-bond acceptors (Lipinski definition) is 4. The minimum Gasteiger partial charge on any atom is -0.443 e. The summed E-state index contributed by atoms with van der Waals surface area (Å²) < 4.78 is 24.6. The van der Waals surface area contributed by atoms with Gasteiger partial charge in [0.05, 0.1) is 0 Å². The second kappa shape index (κ2) is 6.20. The zero-order valence-electron chi connectivity index (χ0n) is 7.38. The standard InChI is InChI=1S/C5H12N2O4S.Cu/c1-5(2,3)11-4(8)6-7-12(9)10;/h12H,1-3H3,(H,6,8)(H,7,9,10);. The van der Waals surface area contributed by atoms with E-state index in [-0.39, 0.29) is 17.1 Å². The summed E-state index contributed by atoms with van der Waals surface area (Å²) in [4.78, 5) is 12.4. The number of ether oxygens (including phenoxy) is 1. The Kier molecular flexibility index (Phi) is 7.24. The van der Waals surface area contributed by atoms with Crippen molar-refractivity contribution < 1.29 is 35.0 Å². The van der Waals surface area contributed by atoms with E-state index in [0.717, 1.165) is 0 Å². The van der Waals surface area contributed by atoms with Gasteiger partial charge in [0.25, 0.3) is 0 Å². The third kappa shape index (κ3) is 11.7. The van der Waals surface area contributed by atoms with Gasteiger partial charge in [-0.3, -0.25) is 0 Å². The molecule has 1 radical (unpaired) electrons. The third-order valence-electron chi connectivity index (χ3n) is 0.648. The van der Waals surface area contributed by atoms with Gasteiger partial charge in [-0.1, -0.05) is 0 Å². The molecule has 0 bridgehead atoms. The molecule has 0 rings (SSSR count). The van der Waals surface area contributed by atoms with E-state index in [2.05, 4.69) is 0 Å². The Balaban J connectivity index is 0. The molecule has 0 fully saturated rings. The van der Waals surface area contributed by atoms with Gasteiger partial charge in [-0.2, -0.15) is 0 Å². The molecule has 0 unspecified atom stereocenters. The minimum absolute atomic E-state index is 0. The first-order chi connectivity index (χ1) is 5.31. The van der Waals surface area contributed by atoms with Gasteiger partial charge in [-0.25, -0.2) is 18.6 Å². The maximum Gasteiger partial charge on any atom is 0.422 e. The normalized spacial score (nSPS) is 10.5. The van der Waals surface area contributed by atoms with Crippen LogP contribution in [0.2, 0.25) is 0 Å². The molecule has 8 heteroatoms.